The van der Waals surface area contributed by atoms with E-state index < -0.39 is 0 Å². The lowest BCUT2D eigenvalue weighted by Crippen LogP contribution is -2.34. The van der Waals surface area contributed by atoms with Crippen molar-refractivity contribution < 1.29 is 9.21 Å². The minimum absolute atomic E-state index is 0.241. The molecule has 0 aliphatic rings. The first-order valence-electron chi connectivity index (χ1n) is 10.1. The lowest BCUT2D eigenvalue weighted by Gasteiger charge is -2.10. The fourth-order valence-corrected chi connectivity index (χ4v) is 3.44. The number of rotatable bonds is 4. The largest absolute Gasteiger partial charge is 0.436 e. The van der Waals surface area contributed by atoms with Gasteiger partial charge in [0.25, 0.3) is 5.91 Å². The zero-order valence-electron chi connectivity index (χ0n) is 17.7. The van der Waals surface area contributed by atoms with Crippen LogP contribution in [0.1, 0.15) is 34.0 Å². The van der Waals surface area contributed by atoms with Crippen molar-refractivity contribution in [3.63, 3.8) is 0 Å². The van der Waals surface area contributed by atoms with Gasteiger partial charge < -0.3 is 9.73 Å². The highest BCUT2D eigenvalue weighted by Crippen LogP contribution is 2.27. The quantitative estimate of drug-likeness (QED) is 0.401. The van der Waals surface area contributed by atoms with Crippen LogP contribution in [-0.4, -0.2) is 16.0 Å². The van der Waals surface area contributed by atoms with Crippen molar-refractivity contribution in [3.05, 3.63) is 82.9 Å². The van der Waals surface area contributed by atoms with Crippen LogP contribution >= 0.6 is 12.2 Å². The Balaban J connectivity index is 1.42. The Bertz CT molecular complexity index is 1220. The molecular weight excluding hydrogens is 406 g/mol. The number of carbonyl (C=O) groups excluding carboxylic acids is 1. The van der Waals surface area contributed by atoms with Crippen LogP contribution in [0.2, 0.25) is 0 Å². The van der Waals surface area contributed by atoms with Gasteiger partial charge in [0.15, 0.2) is 10.7 Å². The maximum atomic E-state index is 12.4. The summed E-state index contributed by atoms with van der Waals surface area (Å²) in [6, 6.07) is 19.1. The molecule has 1 aromatic heterocycles. The summed E-state index contributed by atoms with van der Waals surface area (Å²) in [7, 11) is 0. The molecule has 156 valence electrons. The van der Waals surface area contributed by atoms with Crippen molar-refractivity contribution in [1.82, 2.24) is 10.3 Å². The fourth-order valence-electron chi connectivity index (χ4n) is 3.23. The van der Waals surface area contributed by atoms with Crippen LogP contribution in [-0.2, 0) is 6.42 Å². The highest BCUT2D eigenvalue weighted by molar-refractivity contribution is 7.80. The second-order valence-corrected chi connectivity index (χ2v) is 7.87. The van der Waals surface area contributed by atoms with E-state index >= 15 is 0 Å². The van der Waals surface area contributed by atoms with E-state index in [9.17, 15) is 4.79 Å². The van der Waals surface area contributed by atoms with Gasteiger partial charge in [-0.2, -0.15) is 0 Å². The topological polar surface area (TPSA) is 67.2 Å². The summed E-state index contributed by atoms with van der Waals surface area (Å²) < 4.78 is 5.91. The number of fused-ring (bicyclic) bond motifs is 1. The molecule has 4 aromatic rings. The van der Waals surface area contributed by atoms with Gasteiger partial charge in [0, 0.05) is 16.8 Å². The summed E-state index contributed by atoms with van der Waals surface area (Å²) in [6.45, 7) is 6.19. The van der Waals surface area contributed by atoms with Crippen LogP contribution in [0.15, 0.2) is 65.1 Å². The maximum Gasteiger partial charge on any atom is 0.257 e. The maximum absolute atomic E-state index is 12.4. The molecule has 6 heteroatoms. The predicted molar refractivity (Wildman–Crippen MR) is 128 cm³/mol. The zero-order chi connectivity index (χ0) is 22.0. The number of thiocarbonyl (C=S) groups is 1. The summed E-state index contributed by atoms with van der Waals surface area (Å²) >= 11 is 5.28. The van der Waals surface area contributed by atoms with E-state index in [0.717, 1.165) is 28.8 Å². The van der Waals surface area contributed by atoms with Crippen LogP contribution in [0.3, 0.4) is 0 Å². The number of carbonyl (C=O) groups is 1. The van der Waals surface area contributed by atoms with Crippen LogP contribution in [0.25, 0.3) is 22.6 Å². The predicted octanol–water partition coefficient (Wildman–Crippen LogP) is 5.80. The number of amides is 1. The Morgan fingerprint density at radius 1 is 1.00 bits per heavy atom. The molecular formula is C25H23N3O2S. The molecule has 1 heterocycles. The fraction of sp³-hybridized carbons (Fsp3) is 0.160. The Hall–Kier alpha value is -3.51. The molecule has 2 N–H and O–H groups in total. The van der Waals surface area contributed by atoms with Gasteiger partial charge in [-0.1, -0.05) is 19.1 Å². The summed E-state index contributed by atoms with van der Waals surface area (Å²) in [6.07, 6.45) is 0.931. The van der Waals surface area contributed by atoms with Gasteiger partial charge in [0.2, 0.25) is 5.89 Å². The first-order valence-corrected chi connectivity index (χ1v) is 10.5. The third-order valence-corrected chi connectivity index (χ3v) is 5.45. The lowest BCUT2D eigenvalue weighted by atomic mass is 10.1. The lowest BCUT2D eigenvalue weighted by molar-refractivity contribution is 0.0977. The Morgan fingerprint density at radius 3 is 2.35 bits per heavy atom. The van der Waals surface area contributed by atoms with E-state index in [-0.39, 0.29) is 11.0 Å². The van der Waals surface area contributed by atoms with Gasteiger partial charge in [-0.25, -0.2) is 4.98 Å². The van der Waals surface area contributed by atoms with Crippen molar-refractivity contribution in [2.24, 2.45) is 0 Å². The second-order valence-electron chi connectivity index (χ2n) is 7.46. The molecule has 0 saturated carbocycles. The number of hydrogen-bond acceptors (Lipinski definition) is 4. The smallest absolute Gasteiger partial charge is 0.257 e. The molecule has 0 atom stereocenters. The van der Waals surface area contributed by atoms with Crippen molar-refractivity contribution in [3.8, 4) is 11.5 Å². The molecule has 31 heavy (non-hydrogen) atoms. The van der Waals surface area contributed by atoms with Crippen molar-refractivity contribution in [2.45, 2.75) is 27.2 Å². The first kappa shape index (κ1) is 20.8. The van der Waals surface area contributed by atoms with Gasteiger partial charge in [-0.05, 0) is 97.7 Å². The van der Waals surface area contributed by atoms with Gasteiger partial charge in [0.1, 0.15) is 5.52 Å². The summed E-state index contributed by atoms with van der Waals surface area (Å²) in [5, 5.41) is 5.98. The molecule has 0 aliphatic carbocycles. The van der Waals surface area contributed by atoms with Gasteiger partial charge in [-0.15, -0.1) is 0 Å². The molecule has 0 saturated heterocycles. The third kappa shape index (κ3) is 4.64. The minimum atomic E-state index is -0.242. The Morgan fingerprint density at radius 2 is 1.68 bits per heavy atom. The molecule has 4 rings (SSSR count). The van der Waals surface area contributed by atoms with E-state index in [2.05, 4.69) is 36.4 Å². The first-order chi connectivity index (χ1) is 14.9. The van der Waals surface area contributed by atoms with E-state index in [1.807, 2.05) is 48.5 Å². The van der Waals surface area contributed by atoms with Crippen molar-refractivity contribution >= 4 is 40.0 Å². The monoisotopic (exact) mass is 429 g/mol. The number of benzene rings is 3. The summed E-state index contributed by atoms with van der Waals surface area (Å²) in [5.41, 5.74) is 7.35. The highest BCUT2D eigenvalue weighted by Gasteiger charge is 2.11. The number of oxazole rings is 1. The van der Waals surface area contributed by atoms with Crippen molar-refractivity contribution in [1.29, 1.82) is 0 Å². The molecule has 3 aromatic carbocycles. The Kier molecular flexibility index (Phi) is 5.82. The molecule has 0 spiro atoms. The average Bonchev–Trinajstić information content (AvgIpc) is 3.17. The van der Waals surface area contributed by atoms with Crippen LogP contribution in [0, 0.1) is 13.8 Å². The number of hydrogen-bond donors (Lipinski definition) is 2. The van der Waals surface area contributed by atoms with E-state index in [0.29, 0.717) is 11.5 Å². The van der Waals surface area contributed by atoms with E-state index in [1.54, 1.807) is 12.1 Å². The van der Waals surface area contributed by atoms with E-state index in [1.165, 1.54) is 16.7 Å². The van der Waals surface area contributed by atoms with Crippen LogP contribution < -0.4 is 10.6 Å². The molecule has 0 aliphatic heterocycles. The van der Waals surface area contributed by atoms with Crippen molar-refractivity contribution in [2.75, 3.05) is 5.32 Å². The van der Waals surface area contributed by atoms with Crippen LogP contribution in [0.5, 0.6) is 0 Å². The minimum Gasteiger partial charge on any atom is -0.436 e. The molecule has 0 fully saturated rings. The van der Waals surface area contributed by atoms with Gasteiger partial charge in [0.05, 0.1) is 0 Å². The number of nitrogens with zero attached hydrogens (tertiary/aromatic N) is 1. The molecule has 1 amide bonds. The summed E-state index contributed by atoms with van der Waals surface area (Å²) in [5.74, 6) is 0.326. The second kappa shape index (κ2) is 8.70. The number of nitrogens with one attached hydrogen (secondary N) is 2. The SMILES string of the molecule is CCc1ccc(C(=O)NC(=S)Nc2ccc(-c3nc4cc(C)c(C)cc4o3)cc2)cc1. The highest BCUT2D eigenvalue weighted by atomic mass is 32.1. The van der Waals surface area contributed by atoms with Gasteiger partial charge in [-0.3, -0.25) is 10.1 Å². The number of aromatic nitrogens is 1. The van der Waals surface area contributed by atoms with Crippen LogP contribution in [0.4, 0.5) is 5.69 Å². The third-order valence-electron chi connectivity index (χ3n) is 5.25. The molecule has 0 bridgehead atoms. The molecule has 0 unspecified atom stereocenters. The van der Waals surface area contributed by atoms with Gasteiger partial charge >= 0.3 is 0 Å². The zero-order valence-corrected chi connectivity index (χ0v) is 18.5. The normalized spacial score (nSPS) is 10.8. The number of aryl methyl sites for hydroxylation is 3. The molecule has 0 radical (unpaired) electrons. The number of anilines is 1. The van der Waals surface area contributed by atoms with E-state index in [4.69, 9.17) is 16.6 Å². The molecule has 5 nitrogen and oxygen atoms in total. The summed E-state index contributed by atoms with van der Waals surface area (Å²) in [4.78, 5) is 16.9. The Labute approximate surface area is 186 Å². The standard InChI is InChI=1S/C25H23N3O2S/c1-4-17-5-7-18(8-6-17)23(29)28-25(31)26-20-11-9-19(10-12-20)24-27-21-13-15(2)16(3)14-22(21)30-24/h5-14H,4H2,1-3H3,(H2,26,28,29,31). The average molecular weight is 430 g/mol.